The normalized spacial score (nSPS) is 10.8. The first-order chi connectivity index (χ1) is 10.6. The van der Waals surface area contributed by atoms with Crippen LogP contribution in [0.15, 0.2) is 18.2 Å². The van der Waals surface area contributed by atoms with E-state index in [1.54, 1.807) is 13.2 Å². The number of unbranched alkanes of at least 4 members (excludes halogenated alkanes) is 2. The first kappa shape index (κ1) is 18.5. The van der Waals surface area contributed by atoms with Crippen LogP contribution in [-0.4, -0.2) is 26.2 Å². The van der Waals surface area contributed by atoms with Crippen molar-refractivity contribution in [1.82, 2.24) is 5.32 Å². The largest absolute Gasteiger partial charge is 0.496 e. The molecule has 0 aromatic heterocycles. The summed E-state index contributed by atoms with van der Waals surface area (Å²) in [4.78, 5) is 12.1. The van der Waals surface area contributed by atoms with Gasteiger partial charge in [-0.15, -0.1) is 0 Å². The number of methoxy groups -OCH3 is 1. The van der Waals surface area contributed by atoms with Crippen LogP contribution >= 0.6 is 0 Å². The first-order valence-electron chi connectivity index (χ1n) is 8.11. The molecular formula is C18H29NO3. The van der Waals surface area contributed by atoms with E-state index in [9.17, 15) is 4.79 Å². The van der Waals surface area contributed by atoms with Gasteiger partial charge in [0.1, 0.15) is 5.75 Å². The van der Waals surface area contributed by atoms with E-state index in [0.29, 0.717) is 24.7 Å². The van der Waals surface area contributed by atoms with Crippen LogP contribution in [0.3, 0.4) is 0 Å². The number of carbonyl (C=O) groups excluding carboxylic acids is 1. The highest BCUT2D eigenvalue weighted by Crippen LogP contribution is 2.21. The van der Waals surface area contributed by atoms with Crippen LogP contribution < -0.4 is 10.1 Å². The van der Waals surface area contributed by atoms with Gasteiger partial charge < -0.3 is 14.8 Å². The van der Waals surface area contributed by atoms with Gasteiger partial charge in [-0.25, -0.2) is 0 Å². The number of ether oxygens (including phenoxy) is 2. The van der Waals surface area contributed by atoms with Gasteiger partial charge in [0.2, 0.25) is 0 Å². The Morgan fingerprint density at radius 2 is 2.05 bits per heavy atom. The Morgan fingerprint density at radius 3 is 2.68 bits per heavy atom. The Kier molecular flexibility index (Phi) is 8.60. The van der Waals surface area contributed by atoms with Crippen molar-refractivity contribution in [2.45, 2.75) is 46.6 Å². The standard InChI is InChI=1S/C18H29NO3/c1-5-6-7-10-19-18(20)15-8-9-17(21-4)16(11-15)13-22-12-14(2)3/h8-9,11,14H,5-7,10,12-13H2,1-4H3,(H,19,20). The third kappa shape index (κ3) is 6.48. The van der Waals surface area contributed by atoms with E-state index in [0.717, 1.165) is 37.1 Å². The highest BCUT2D eigenvalue weighted by atomic mass is 16.5. The van der Waals surface area contributed by atoms with E-state index in [4.69, 9.17) is 9.47 Å². The molecule has 0 fully saturated rings. The van der Waals surface area contributed by atoms with Crippen molar-refractivity contribution >= 4 is 5.91 Å². The second kappa shape index (κ2) is 10.2. The summed E-state index contributed by atoms with van der Waals surface area (Å²) in [5, 5.41) is 2.95. The molecular weight excluding hydrogens is 278 g/mol. The maximum Gasteiger partial charge on any atom is 0.251 e. The maximum absolute atomic E-state index is 12.1. The summed E-state index contributed by atoms with van der Waals surface area (Å²) in [5.74, 6) is 1.20. The van der Waals surface area contributed by atoms with Gasteiger partial charge in [0.15, 0.2) is 0 Å². The van der Waals surface area contributed by atoms with Crippen molar-refractivity contribution in [2.24, 2.45) is 5.92 Å². The van der Waals surface area contributed by atoms with Gasteiger partial charge in [-0.05, 0) is 30.5 Å². The lowest BCUT2D eigenvalue weighted by molar-refractivity contribution is 0.0938. The van der Waals surface area contributed by atoms with Gasteiger partial charge in [0, 0.05) is 24.3 Å². The number of hydrogen-bond acceptors (Lipinski definition) is 3. The number of carbonyl (C=O) groups is 1. The van der Waals surface area contributed by atoms with E-state index >= 15 is 0 Å². The third-order valence-electron chi connectivity index (χ3n) is 3.32. The smallest absolute Gasteiger partial charge is 0.251 e. The number of rotatable bonds is 10. The second-order valence-corrected chi connectivity index (χ2v) is 5.90. The fourth-order valence-corrected chi connectivity index (χ4v) is 2.12. The van der Waals surface area contributed by atoms with Crippen molar-refractivity contribution in [3.63, 3.8) is 0 Å². The summed E-state index contributed by atoms with van der Waals surface area (Å²) in [6.07, 6.45) is 3.30. The van der Waals surface area contributed by atoms with E-state index in [-0.39, 0.29) is 5.91 Å². The molecule has 0 atom stereocenters. The zero-order valence-electron chi connectivity index (χ0n) is 14.3. The second-order valence-electron chi connectivity index (χ2n) is 5.90. The number of nitrogens with one attached hydrogen (secondary N) is 1. The van der Waals surface area contributed by atoms with Crippen molar-refractivity contribution < 1.29 is 14.3 Å². The van der Waals surface area contributed by atoms with Gasteiger partial charge >= 0.3 is 0 Å². The zero-order chi connectivity index (χ0) is 16.4. The van der Waals surface area contributed by atoms with Crippen LogP contribution in [0.1, 0.15) is 56.0 Å². The lowest BCUT2D eigenvalue weighted by Gasteiger charge is -2.12. The molecule has 0 aliphatic carbocycles. The van der Waals surface area contributed by atoms with Gasteiger partial charge in [-0.3, -0.25) is 4.79 Å². The molecule has 0 spiro atoms. The quantitative estimate of drug-likeness (QED) is 0.669. The predicted molar refractivity (Wildman–Crippen MR) is 89.3 cm³/mol. The first-order valence-corrected chi connectivity index (χ1v) is 8.11. The van der Waals surface area contributed by atoms with Crippen molar-refractivity contribution in [3.8, 4) is 5.75 Å². The molecule has 0 saturated carbocycles. The average Bonchev–Trinajstić information content (AvgIpc) is 2.51. The van der Waals surface area contributed by atoms with E-state index in [1.165, 1.54) is 0 Å². The fraction of sp³-hybridized carbons (Fsp3) is 0.611. The van der Waals surface area contributed by atoms with E-state index < -0.39 is 0 Å². The molecule has 1 N–H and O–H groups in total. The minimum atomic E-state index is -0.0381. The van der Waals surface area contributed by atoms with Crippen molar-refractivity contribution in [2.75, 3.05) is 20.3 Å². The van der Waals surface area contributed by atoms with Crippen LogP contribution in [0.25, 0.3) is 0 Å². The summed E-state index contributed by atoms with van der Waals surface area (Å²) in [7, 11) is 1.63. The summed E-state index contributed by atoms with van der Waals surface area (Å²) in [5.41, 5.74) is 1.56. The molecule has 0 bridgehead atoms. The molecule has 4 heteroatoms. The number of hydrogen-bond donors (Lipinski definition) is 1. The Bertz CT molecular complexity index is 458. The third-order valence-corrected chi connectivity index (χ3v) is 3.32. The highest BCUT2D eigenvalue weighted by Gasteiger charge is 2.10. The zero-order valence-corrected chi connectivity index (χ0v) is 14.3. The topological polar surface area (TPSA) is 47.6 Å². The molecule has 1 aromatic rings. The molecule has 22 heavy (non-hydrogen) atoms. The molecule has 4 nitrogen and oxygen atoms in total. The van der Waals surface area contributed by atoms with Crippen LogP contribution in [0.4, 0.5) is 0 Å². The van der Waals surface area contributed by atoms with Crippen molar-refractivity contribution in [1.29, 1.82) is 0 Å². The van der Waals surface area contributed by atoms with Gasteiger partial charge in [-0.2, -0.15) is 0 Å². The summed E-state index contributed by atoms with van der Waals surface area (Å²) < 4.78 is 11.0. The van der Waals surface area contributed by atoms with Gasteiger partial charge in [0.25, 0.3) is 5.91 Å². The Labute approximate surface area is 134 Å². The molecule has 1 aromatic carbocycles. The fourth-order valence-electron chi connectivity index (χ4n) is 2.12. The van der Waals surface area contributed by atoms with Crippen LogP contribution in [0.5, 0.6) is 5.75 Å². The van der Waals surface area contributed by atoms with Crippen LogP contribution in [0, 0.1) is 5.92 Å². The monoisotopic (exact) mass is 307 g/mol. The Balaban J connectivity index is 2.65. The molecule has 0 unspecified atom stereocenters. The molecule has 0 saturated heterocycles. The lowest BCUT2D eigenvalue weighted by Crippen LogP contribution is -2.24. The molecule has 1 amide bonds. The summed E-state index contributed by atoms with van der Waals surface area (Å²) >= 11 is 0. The van der Waals surface area contributed by atoms with Crippen molar-refractivity contribution in [3.05, 3.63) is 29.3 Å². The number of amides is 1. The lowest BCUT2D eigenvalue weighted by atomic mass is 10.1. The summed E-state index contributed by atoms with van der Waals surface area (Å²) in [6.45, 7) is 8.23. The molecule has 0 radical (unpaired) electrons. The average molecular weight is 307 g/mol. The van der Waals surface area contributed by atoms with E-state index in [2.05, 4.69) is 26.1 Å². The maximum atomic E-state index is 12.1. The van der Waals surface area contributed by atoms with Crippen LogP contribution in [-0.2, 0) is 11.3 Å². The van der Waals surface area contributed by atoms with Gasteiger partial charge in [0.05, 0.1) is 13.7 Å². The molecule has 1 rings (SSSR count). The minimum Gasteiger partial charge on any atom is -0.496 e. The molecule has 0 heterocycles. The van der Waals surface area contributed by atoms with Gasteiger partial charge in [-0.1, -0.05) is 33.6 Å². The molecule has 0 aliphatic heterocycles. The van der Waals surface area contributed by atoms with E-state index in [1.807, 2.05) is 12.1 Å². The summed E-state index contributed by atoms with van der Waals surface area (Å²) in [6, 6.07) is 5.48. The molecule has 0 aliphatic rings. The minimum absolute atomic E-state index is 0.0381. The van der Waals surface area contributed by atoms with Crippen LogP contribution in [0.2, 0.25) is 0 Å². The Hall–Kier alpha value is -1.55. The highest BCUT2D eigenvalue weighted by molar-refractivity contribution is 5.94. The Morgan fingerprint density at radius 1 is 1.27 bits per heavy atom. The predicted octanol–water partition coefficient (Wildman–Crippen LogP) is 3.79. The number of benzene rings is 1. The molecule has 124 valence electrons. The SMILES string of the molecule is CCCCCNC(=O)c1ccc(OC)c(COCC(C)C)c1.